The maximum atomic E-state index is 11.8. The van der Waals surface area contributed by atoms with Crippen LogP contribution in [0.4, 0.5) is 0 Å². The lowest BCUT2D eigenvalue weighted by atomic mass is 10.2. The Bertz CT molecular complexity index is 498. The Morgan fingerprint density at radius 1 is 1.40 bits per heavy atom. The van der Waals surface area contributed by atoms with E-state index in [1.54, 1.807) is 6.07 Å². The minimum absolute atomic E-state index is 0.195. The highest BCUT2D eigenvalue weighted by atomic mass is 79.9. The maximum absolute atomic E-state index is 11.8. The molecule has 2 nitrogen and oxygen atoms in total. The van der Waals surface area contributed by atoms with Crippen molar-refractivity contribution < 1.29 is 9.21 Å². The second-order valence-electron chi connectivity index (χ2n) is 2.67. The zero-order valence-electron chi connectivity index (χ0n) is 7.09. The molecule has 0 radical (unpaired) electrons. The number of furan rings is 1. The van der Waals surface area contributed by atoms with Crippen LogP contribution in [0.5, 0.6) is 0 Å². The van der Waals surface area contributed by atoms with Crippen LogP contribution in [0.3, 0.4) is 0 Å². The topological polar surface area (TPSA) is 30.2 Å². The summed E-state index contributed by atoms with van der Waals surface area (Å²) < 4.78 is 6.25. The van der Waals surface area contributed by atoms with Crippen LogP contribution in [0.15, 0.2) is 27.1 Å². The minimum Gasteiger partial charge on any atom is -0.441 e. The molecule has 0 unspecified atom stereocenters. The molecule has 2 aromatic heterocycles. The van der Waals surface area contributed by atoms with Gasteiger partial charge in [0.25, 0.3) is 0 Å². The number of thiophene rings is 1. The standard InChI is InChI=1S/C9H3BrCl2O2S/c10-4-3-6(15-9(4)12)8(13)5-1-2-7(11)14-5/h1-3H. The van der Waals surface area contributed by atoms with E-state index in [-0.39, 0.29) is 16.8 Å². The Morgan fingerprint density at radius 2 is 2.13 bits per heavy atom. The van der Waals surface area contributed by atoms with E-state index in [9.17, 15) is 4.79 Å². The molecule has 2 aromatic rings. The monoisotopic (exact) mass is 324 g/mol. The summed E-state index contributed by atoms with van der Waals surface area (Å²) in [6, 6.07) is 4.72. The molecular formula is C9H3BrCl2O2S. The average Bonchev–Trinajstić information content (AvgIpc) is 2.74. The van der Waals surface area contributed by atoms with Gasteiger partial charge in [0.05, 0.1) is 4.88 Å². The molecule has 2 heterocycles. The second kappa shape index (κ2) is 4.29. The lowest BCUT2D eigenvalue weighted by Crippen LogP contribution is -1.95. The maximum Gasteiger partial charge on any atom is 0.238 e. The van der Waals surface area contributed by atoms with Crippen LogP contribution in [0.1, 0.15) is 15.4 Å². The molecule has 0 atom stereocenters. The zero-order chi connectivity index (χ0) is 11.0. The highest BCUT2D eigenvalue weighted by molar-refractivity contribution is 9.10. The third-order valence-electron chi connectivity index (χ3n) is 1.67. The number of ketones is 1. The molecule has 0 aliphatic rings. The summed E-state index contributed by atoms with van der Waals surface area (Å²) in [7, 11) is 0. The Balaban J connectivity index is 2.36. The van der Waals surface area contributed by atoms with Gasteiger partial charge in [-0.05, 0) is 45.7 Å². The van der Waals surface area contributed by atoms with E-state index < -0.39 is 0 Å². The fourth-order valence-electron chi connectivity index (χ4n) is 1.02. The molecule has 6 heteroatoms. The van der Waals surface area contributed by atoms with E-state index in [0.717, 1.165) is 0 Å². The van der Waals surface area contributed by atoms with Gasteiger partial charge < -0.3 is 4.42 Å². The Hall–Kier alpha value is -0.290. The summed E-state index contributed by atoms with van der Waals surface area (Å²) in [5, 5.41) is 0.195. The highest BCUT2D eigenvalue weighted by Gasteiger charge is 2.17. The van der Waals surface area contributed by atoms with Crippen molar-refractivity contribution in [3.63, 3.8) is 0 Å². The van der Waals surface area contributed by atoms with Crippen LogP contribution in [0, 0.1) is 0 Å². The molecule has 0 spiro atoms. The van der Waals surface area contributed by atoms with Crippen molar-refractivity contribution in [2.24, 2.45) is 0 Å². The first-order chi connectivity index (χ1) is 7.08. The lowest BCUT2D eigenvalue weighted by Gasteiger charge is -1.90. The van der Waals surface area contributed by atoms with E-state index in [4.69, 9.17) is 27.6 Å². The summed E-state index contributed by atoms with van der Waals surface area (Å²) in [6.07, 6.45) is 0. The van der Waals surface area contributed by atoms with Gasteiger partial charge in [-0.3, -0.25) is 4.79 Å². The third kappa shape index (κ3) is 2.28. The molecule has 0 bridgehead atoms. The molecular weight excluding hydrogens is 323 g/mol. The van der Waals surface area contributed by atoms with E-state index >= 15 is 0 Å². The molecule has 0 saturated carbocycles. The molecule has 0 aromatic carbocycles. The fourth-order valence-corrected chi connectivity index (χ4v) is 2.81. The van der Waals surface area contributed by atoms with E-state index in [0.29, 0.717) is 13.7 Å². The summed E-state index contributed by atoms with van der Waals surface area (Å²) in [5.74, 6) is -0.00934. The number of hydrogen-bond donors (Lipinski definition) is 0. The Morgan fingerprint density at radius 3 is 2.60 bits per heavy atom. The third-order valence-corrected chi connectivity index (χ3v) is 4.34. The smallest absolute Gasteiger partial charge is 0.238 e. The summed E-state index contributed by atoms with van der Waals surface area (Å²) in [5.41, 5.74) is 0. The highest BCUT2D eigenvalue weighted by Crippen LogP contribution is 2.33. The van der Waals surface area contributed by atoms with Gasteiger partial charge in [-0.1, -0.05) is 11.6 Å². The second-order valence-corrected chi connectivity index (χ2v) is 5.55. The van der Waals surface area contributed by atoms with Crippen molar-refractivity contribution in [1.82, 2.24) is 0 Å². The van der Waals surface area contributed by atoms with Crippen molar-refractivity contribution in [2.75, 3.05) is 0 Å². The lowest BCUT2D eigenvalue weighted by molar-refractivity contribution is 0.101. The number of rotatable bonds is 2. The SMILES string of the molecule is O=C(c1ccc(Cl)o1)c1cc(Br)c(Cl)s1. The van der Waals surface area contributed by atoms with Gasteiger partial charge in [-0.2, -0.15) is 0 Å². The van der Waals surface area contributed by atoms with Crippen LogP contribution in [-0.2, 0) is 0 Å². The summed E-state index contributed by atoms with van der Waals surface area (Å²) in [4.78, 5) is 12.3. The first-order valence-electron chi connectivity index (χ1n) is 3.83. The van der Waals surface area contributed by atoms with E-state index in [1.165, 1.54) is 23.5 Å². The number of carbonyl (C=O) groups excluding carboxylic acids is 1. The fraction of sp³-hybridized carbons (Fsp3) is 0. The summed E-state index contributed by atoms with van der Waals surface area (Å²) in [6.45, 7) is 0. The molecule has 0 aliphatic heterocycles. The summed E-state index contributed by atoms with van der Waals surface area (Å²) >= 11 is 15.8. The van der Waals surface area contributed by atoms with Crippen molar-refractivity contribution >= 4 is 56.3 Å². The average molecular weight is 326 g/mol. The van der Waals surface area contributed by atoms with Gasteiger partial charge in [-0.15, -0.1) is 11.3 Å². The molecule has 15 heavy (non-hydrogen) atoms. The van der Waals surface area contributed by atoms with Crippen molar-refractivity contribution in [3.8, 4) is 0 Å². The van der Waals surface area contributed by atoms with Gasteiger partial charge in [0.15, 0.2) is 11.0 Å². The molecule has 0 aliphatic carbocycles. The van der Waals surface area contributed by atoms with Crippen molar-refractivity contribution in [3.05, 3.63) is 42.9 Å². The molecule has 78 valence electrons. The predicted octanol–water partition coefficient (Wildman–Crippen LogP) is 4.64. The van der Waals surface area contributed by atoms with Gasteiger partial charge in [0.1, 0.15) is 4.34 Å². The molecule has 2 rings (SSSR count). The van der Waals surface area contributed by atoms with E-state index in [1.807, 2.05) is 0 Å². The van der Waals surface area contributed by atoms with E-state index in [2.05, 4.69) is 15.9 Å². The number of carbonyl (C=O) groups is 1. The molecule has 0 fully saturated rings. The van der Waals surface area contributed by atoms with Gasteiger partial charge in [-0.25, -0.2) is 0 Å². The number of hydrogen-bond acceptors (Lipinski definition) is 3. The Labute approximate surface area is 108 Å². The van der Waals surface area contributed by atoms with Crippen LogP contribution in [0.25, 0.3) is 0 Å². The van der Waals surface area contributed by atoms with Crippen molar-refractivity contribution in [2.45, 2.75) is 0 Å². The quantitative estimate of drug-likeness (QED) is 0.753. The molecule has 0 N–H and O–H groups in total. The van der Waals surface area contributed by atoms with Gasteiger partial charge in [0.2, 0.25) is 5.78 Å². The number of halogens is 3. The largest absolute Gasteiger partial charge is 0.441 e. The van der Waals surface area contributed by atoms with Crippen LogP contribution < -0.4 is 0 Å². The normalized spacial score (nSPS) is 10.6. The zero-order valence-corrected chi connectivity index (χ0v) is 11.0. The molecule has 0 amide bonds. The first kappa shape index (κ1) is 11.2. The Kier molecular flexibility index (Phi) is 3.21. The van der Waals surface area contributed by atoms with Crippen LogP contribution >= 0.6 is 50.5 Å². The minimum atomic E-state index is -0.223. The van der Waals surface area contributed by atoms with Crippen LogP contribution in [-0.4, -0.2) is 5.78 Å². The first-order valence-corrected chi connectivity index (χ1v) is 6.19. The van der Waals surface area contributed by atoms with Gasteiger partial charge in [0, 0.05) is 4.47 Å². The van der Waals surface area contributed by atoms with Gasteiger partial charge >= 0.3 is 0 Å². The predicted molar refractivity (Wildman–Crippen MR) is 64.2 cm³/mol. The van der Waals surface area contributed by atoms with Crippen LogP contribution in [0.2, 0.25) is 9.56 Å². The van der Waals surface area contributed by atoms with Crippen molar-refractivity contribution in [1.29, 1.82) is 0 Å². The molecule has 0 saturated heterocycles.